The molecule has 0 fully saturated rings. The fraction of sp³-hybridized carbons (Fsp3) is 0.188. The monoisotopic (exact) mass is 426 g/mol. The lowest BCUT2D eigenvalue weighted by Gasteiger charge is -2.13. The number of imidazole rings is 1. The fourth-order valence-corrected chi connectivity index (χ4v) is 3.33. The van der Waals surface area contributed by atoms with E-state index < -0.39 is 0 Å². The summed E-state index contributed by atoms with van der Waals surface area (Å²) in [5, 5.41) is -0.177. The molecule has 0 N–H and O–H groups in total. The summed E-state index contributed by atoms with van der Waals surface area (Å²) >= 11 is 13.5. The first-order chi connectivity index (χ1) is 9.99. The Morgan fingerprint density at radius 2 is 1.95 bits per heavy atom. The summed E-state index contributed by atoms with van der Waals surface area (Å²) in [7, 11) is 0. The fourth-order valence-electron chi connectivity index (χ4n) is 2.40. The SMILES string of the molecule is Cc1cccc(-n2c(C(C)Cl)nc3cc(Br)ccc32)c1Br. The van der Waals surface area contributed by atoms with Crippen LogP contribution in [0.4, 0.5) is 0 Å². The second kappa shape index (κ2) is 5.75. The van der Waals surface area contributed by atoms with Gasteiger partial charge in [-0.15, -0.1) is 11.6 Å². The molecule has 0 saturated heterocycles. The minimum absolute atomic E-state index is 0.177. The van der Waals surface area contributed by atoms with Crippen molar-refractivity contribution < 1.29 is 0 Å². The van der Waals surface area contributed by atoms with Crippen LogP contribution < -0.4 is 0 Å². The molecule has 3 aromatic rings. The Morgan fingerprint density at radius 1 is 1.19 bits per heavy atom. The number of nitrogens with zero attached hydrogens (tertiary/aromatic N) is 2. The Kier molecular flexibility index (Phi) is 4.12. The van der Waals surface area contributed by atoms with Crippen molar-refractivity contribution in [1.82, 2.24) is 9.55 Å². The molecule has 0 saturated carbocycles. The van der Waals surface area contributed by atoms with Gasteiger partial charge in [0.15, 0.2) is 0 Å². The Balaban J connectivity index is 2.39. The summed E-state index contributed by atoms with van der Waals surface area (Å²) in [5.41, 5.74) is 4.22. The topological polar surface area (TPSA) is 17.8 Å². The highest BCUT2D eigenvalue weighted by atomic mass is 79.9. The molecule has 1 unspecified atom stereocenters. The van der Waals surface area contributed by atoms with Gasteiger partial charge >= 0.3 is 0 Å². The normalized spacial score (nSPS) is 12.8. The Bertz CT molecular complexity index is 825. The van der Waals surface area contributed by atoms with Gasteiger partial charge in [-0.2, -0.15) is 0 Å². The van der Waals surface area contributed by atoms with E-state index in [1.54, 1.807) is 0 Å². The van der Waals surface area contributed by atoms with Crippen LogP contribution in [0.3, 0.4) is 0 Å². The molecule has 2 nitrogen and oxygen atoms in total. The summed E-state index contributed by atoms with van der Waals surface area (Å²) in [6, 6.07) is 12.3. The molecule has 0 radical (unpaired) electrons. The minimum Gasteiger partial charge on any atom is -0.294 e. The van der Waals surface area contributed by atoms with Crippen LogP contribution in [0.5, 0.6) is 0 Å². The van der Waals surface area contributed by atoms with E-state index in [0.717, 1.165) is 31.5 Å². The molecule has 1 atom stereocenters. The van der Waals surface area contributed by atoms with E-state index in [4.69, 9.17) is 16.6 Å². The highest BCUT2D eigenvalue weighted by molar-refractivity contribution is 9.10. The van der Waals surface area contributed by atoms with Gasteiger partial charge in [-0.1, -0.05) is 28.1 Å². The third-order valence-corrected chi connectivity index (χ3v) is 5.13. The highest BCUT2D eigenvalue weighted by Crippen LogP contribution is 2.33. The predicted molar refractivity (Wildman–Crippen MR) is 95.5 cm³/mol. The lowest BCUT2D eigenvalue weighted by atomic mass is 10.2. The van der Waals surface area contributed by atoms with Crippen molar-refractivity contribution in [3.8, 4) is 5.69 Å². The summed E-state index contributed by atoms with van der Waals surface area (Å²) in [6.45, 7) is 4.02. The average molecular weight is 429 g/mol. The molecule has 21 heavy (non-hydrogen) atoms. The first-order valence-electron chi connectivity index (χ1n) is 6.56. The zero-order chi connectivity index (χ0) is 15.1. The van der Waals surface area contributed by atoms with E-state index in [2.05, 4.69) is 61.5 Å². The third kappa shape index (κ3) is 2.65. The van der Waals surface area contributed by atoms with E-state index in [9.17, 15) is 0 Å². The van der Waals surface area contributed by atoms with Crippen LogP contribution in [0.15, 0.2) is 45.3 Å². The second-order valence-corrected chi connectivity index (χ2v) is 7.33. The first kappa shape index (κ1) is 15.1. The number of aromatic nitrogens is 2. The van der Waals surface area contributed by atoms with Crippen molar-refractivity contribution in [3.05, 3.63) is 56.7 Å². The van der Waals surface area contributed by atoms with E-state index in [0.29, 0.717) is 0 Å². The summed E-state index contributed by atoms with van der Waals surface area (Å²) < 4.78 is 4.19. The molecule has 2 aromatic carbocycles. The van der Waals surface area contributed by atoms with Gasteiger partial charge in [0.05, 0.1) is 22.1 Å². The van der Waals surface area contributed by atoms with E-state index in [1.165, 1.54) is 5.56 Å². The summed E-state index contributed by atoms with van der Waals surface area (Å²) in [4.78, 5) is 4.70. The second-order valence-electron chi connectivity index (χ2n) is 4.96. The van der Waals surface area contributed by atoms with Gasteiger partial charge in [0.25, 0.3) is 0 Å². The number of halogens is 3. The van der Waals surface area contributed by atoms with Gasteiger partial charge in [0.2, 0.25) is 0 Å². The van der Waals surface area contributed by atoms with E-state index >= 15 is 0 Å². The molecule has 0 bridgehead atoms. The molecule has 0 amide bonds. The number of benzene rings is 2. The number of hydrogen-bond acceptors (Lipinski definition) is 1. The number of hydrogen-bond donors (Lipinski definition) is 0. The van der Waals surface area contributed by atoms with Crippen LogP contribution in [-0.4, -0.2) is 9.55 Å². The van der Waals surface area contributed by atoms with E-state index in [1.807, 2.05) is 25.1 Å². The molecule has 0 aliphatic carbocycles. The van der Waals surface area contributed by atoms with Crippen molar-refractivity contribution in [3.63, 3.8) is 0 Å². The Hall–Kier alpha value is -0.840. The van der Waals surface area contributed by atoms with Crippen LogP contribution in [0, 0.1) is 6.92 Å². The van der Waals surface area contributed by atoms with Crippen molar-refractivity contribution >= 4 is 54.5 Å². The minimum atomic E-state index is -0.177. The lowest BCUT2D eigenvalue weighted by Crippen LogP contribution is -2.03. The van der Waals surface area contributed by atoms with Crippen LogP contribution in [0.2, 0.25) is 0 Å². The van der Waals surface area contributed by atoms with Gasteiger partial charge in [0.1, 0.15) is 5.82 Å². The Morgan fingerprint density at radius 3 is 2.67 bits per heavy atom. The van der Waals surface area contributed by atoms with Crippen molar-refractivity contribution in [2.75, 3.05) is 0 Å². The molecule has 0 aliphatic heterocycles. The molecular weight excluding hydrogens is 415 g/mol. The molecule has 1 aromatic heterocycles. The maximum Gasteiger partial charge on any atom is 0.132 e. The summed E-state index contributed by atoms with van der Waals surface area (Å²) in [6.07, 6.45) is 0. The van der Waals surface area contributed by atoms with Crippen LogP contribution in [0.1, 0.15) is 23.7 Å². The van der Waals surface area contributed by atoms with Crippen LogP contribution >= 0.6 is 43.5 Å². The van der Waals surface area contributed by atoms with Gasteiger partial charge in [-0.3, -0.25) is 4.57 Å². The van der Waals surface area contributed by atoms with Gasteiger partial charge < -0.3 is 0 Å². The van der Waals surface area contributed by atoms with Crippen molar-refractivity contribution in [2.24, 2.45) is 0 Å². The predicted octanol–water partition coefficient (Wildman–Crippen LogP) is 6.16. The smallest absolute Gasteiger partial charge is 0.132 e. The maximum atomic E-state index is 6.35. The lowest BCUT2D eigenvalue weighted by molar-refractivity contribution is 0.879. The van der Waals surface area contributed by atoms with Gasteiger partial charge in [-0.25, -0.2) is 4.98 Å². The van der Waals surface area contributed by atoms with Crippen LogP contribution in [-0.2, 0) is 0 Å². The van der Waals surface area contributed by atoms with Crippen LogP contribution in [0.25, 0.3) is 16.7 Å². The molecule has 0 aliphatic rings. The maximum absolute atomic E-state index is 6.35. The molecule has 108 valence electrons. The first-order valence-corrected chi connectivity index (χ1v) is 8.58. The highest BCUT2D eigenvalue weighted by Gasteiger charge is 2.18. The largest absolute Gasteiger partial charge is 0.294 e. The molecule has 0 spiro atoms. The average Bonchev–Trinajstić information content (AvgIpc) is 2.80. The zero-order valence-electron chi connectivity index (χ0n) is 11.6. The molecule has 3 rings (SSSR count). The number of fused-ring (bicyclic) bond motifs is 1. The van der Waals surface area contributed by atoms with Crippen molar-refractivity contribution in [2.45, 2.75) is 19.2 Å². The third-order valence-electron chi connectivity index (χ3n) is 3.41. The van der Waals surface area contributed by atoms with E-state index in [-0.39, 0.29) is 5.38 Å². The standard InChI is InChI=1S/C16H13Br2ClN2/c1-9-4-3-5-14(15(9)18)21-13-7-6-11(17)8-12(13)20-16(21)10(2)19/h3-8,10H,1-2H3. The van der Waals surface area contributed by atoms with Gasteiger partial charge in [-0.05, 0) is 59.6 Å². The number of aryl methyl sites for hydroxylation is 1. The summed E-state index contributed by atoms with van der Waals surface area (Å²) in [5.74, 6) is 0.844. The van der Waals surface area contributed by atoms with Gasteiger partial charge in [0, 0.05) is 8.95 Å². The molecule has 1 heterocycles. The Labute approximate surface area is 145 Å². The molecular formula is C16H13Br2ClN2. The number of alkyl halides is 1. The molecule has 5 heteroatoms. The number of rotatable bonds is 2. The zero-order valence-corrected chi connectivity index (χ0v) is 15.5. The van der Waals surface area contributed by atoms with Crippen molar-refractivity contribution in [1.29, 1.82) is 0 Å². The quantitative estimate of drug-likeness (QED) is 0.447.